The van der Waals surface area contributed by atoms with Gasteiger partial charge in [0.2, 0.25) is 11.6 Å². The molecule has 0 spiro atoms. The van der Waals surface area contributed by atoms with Crippen LogP contribution in [0.15, 0.2) is 88.4 Å². The summed E-state index contributed by atoms with van der Waals surface area (Å²) in [6, 6.07) is 12.4. The van der Waals surface area contributed by atoms with E-state index in [1.54, 1.807) is 6.07 Å². The first kappa shape index (κ1) is 83.5. The lowest BCUT2D eigenvalue weighted by Crippen LogP contribution is -2.43. The number of hydrogen-bond donors (Lipinski definition) is 9. The van der Waals surface area contributed by atoms with Crippen molar-refractivity contribution in [2.75, 3.05) is 49.1 Å². The largest absolute Gasteiger partial charge is 0.744 e. The number of alkyl halides is 9. The number of hydrogen-bond acceptors (Lipinski definition) is 15. The van der Waals surface area contributed by atoms with E-state index in [2.05, 4.69) is 81.3 Å². The highest BCUT2D eigenvalue weighted by molar-refractivity contribution is 7.86. The minimum atomic E-state index is -5.08. The summed E-state index contributed by atoms with van der Waals surface area (Å²) in [6.07, 6.45) is 8.21. The molecule has 0 aliphatic carbocycles. The van der Waals surface area contributed by atoms with Crippen molar-refractivity contribution in [2.24, 2.45) is 10.7 Å². The Hall–Kier alpha value is -7.63. The summed E-state index contributed by atoms with van der Waals surface area (Å²) >= 11 is 1.48. The molecular weight excluding hydrogens is 1340 g/mol. The standard InChI is InChI=1S/C54H79N9O8S3.3C2HF3O2/c1-40-47(72-51(56)60-40)28-24-35-58-50(55)61-52(65)59-34-20-11-9-7-6-8-10-19-33-57-49(64)30-16-13-21-37-63-45(42-39-41(74(69,70)71)31-32-43(42)54(63,4)5)26-14-12-15-29-48-53(2,3)44-25-17-18-27-46(44)62(48)36-22-23-38-73(66,67)68;3*3-2(4,5)1(6)7/h12,14-15,17-18,25-27,29,31-32,39H,6-11,13,16,19-24,28,30,33-38H2,1-5H3,(H8-,55,56,57,58,59,60,61,64,65,66,67,68,69,70,71);3*(H,6,7). The van der Waals surface area contributed by atoms with Gasteiger partial charge < -0.3 is 46.9 Å². The molecule has 0 fully saturated rings. The maximum Gasteiger partial charge on any atom is 0.490 e. The minimum absolute atomic E-state index is 0.0498. The molecular formula is C60H82F9N9O14S3. The number of aromatic nitrogens is 1. The molecule has 5 rings (SSSR count). The van der Waals surface area contributed by atoms with Crippen LogP contribution in [0.1, 0.15) is 151 Å². The molecule has 0 bridgehead atoms. The Bertz CT molecular complexity index is 3400. The van der Waals surface area contributed by atoms with Crippen LogP contribution in [-0.4, -0.2) is 149 Å². The van der Waals surface area contributed by atoms with Gasteiger partial charge in [-0.25, -0.2) is 37.2 Å². The molecule has 0 saturated heterocycles. The lowest BCUT2D eigenvalue weighted by molar-refractivity contribution is -0.604. The average molecular weight is 1420 g/mol. The lowest BCUT2D eigenvalue weighted by atomic mass is 9.84. The fraction of sp³-hybridized carbons (Fsp3) is 0.533. The van der Waals surface area contributed by atoms with E-state index in [1.165, 1.54) is 23.5 Å². The molecule has 3 heterocycles. The Morgan fingerprint density at radius 2 is 1.26 bits per heavy atom. The van der Waals surface area contributed by atoms with Crippen molar-refractivity contribution in [1.29, 1.82) is 0 Å². The van der Waals surface area contributed by atoms with Gasteiger partial charge in [0.1, 0.15) is 16.7 Å². The van der Waals surface area contributed by atoms with Crippen LogP contribution in [0.5, 0.6) is 0 Å². The number of unbranched alkanes of at least 4 members (excludes halogenated alkanes) is 10. The van der Waals surface area contributed by atoms with E-state index in [1.807, 2.05) is 43.4 Å². The van der Waals surface area contributed by atoms with Crippen LogP contribution in [0.2, 0.25) is 0 Å². The van der Waals surface area contributed by atoms with Crippen LogP contribution in [0.3, 0.4) is 0 Å². The number of nitrogen functional groups attached to an aromatic ring is 1. The highest BCUT2D eigenvalue weighted by atomic mass is 32.2. The topological polar surface area (TPSA) is 377 Å². The first-order valence-corrected chi connectivity index (χ1v) is 33.6. The molecule has 0 unspecified atom stereocenters. The number of amides is 3. The predicted molar refractivity (Wildman–Crippen MR) is 338 cm³/mol. The number of aliphatic imine (C=N–C) groups is 1. The third kappa shape index (κ3) is 30.3. The molecule has 2 aliphatic rings. The SMILES string of the molecule is Cc1nc(N)sc1CCCN=C(N)NC(=O)NCCCCCCCCCCNC(=O)CCCCC[N+]1=C(/C=C/C=C/C=C2\N(CCCCS(=O)(=O)O)c3ccccc3C2(C)C)c2cc(S(=O)(=O)[O-])ccc2C1(C)C.O=C(O)C(F)(F)F.O=C(O)C(F)(F)F.O=C(O)C(F)(F)F. The molecule has 1 aromatic heterocycles. The zero-order valence-corrected chi connectivity index (χ0v) is 55.4. The van der Waals surface area contributed by atoms with Crippen LogP contribution in [0.4, 0.5) is 55.1 Å². The van der Waals surface area contributed by atoms with Crippen molar-refractivity contribution in [2.45, 2.75) is 172 Å². The van der Waals surface area contributed by atoms with Gasteiger partial charge in [-0.2, -0.15) is 47.9 Å². The second kappa shape index (κ2) is 38.2. The van der Waals surface area contributed by atoms with Crippen molar-refractivity contribution in [3.8, 4) is 0 Å². The minimum Gasteiger partial charge on any atom is -0.744 e. The van der Waals surface area contributed by atoms with Gasteiger partial charge in [0, 0.05) is 86.2 Å². The summed E-state index contributed by atoms with van der Waals surface area (Å²) in [5.41, 5.74) is 17.4. The third-order valence-corrected chi connectivity index (χ3v) is 17.1. The highest BCUT2D eigenvalue weighted by Gasteiger charge is 2.45. The number of aryl methyl sites for hydroxylation is 2. The molecule has 532 valence electrons. The summed E-state index contributed by atoms with van der Waals surface area (Å²) in [6.45, 7) is 13.4. The van der Waals surface area contributed by atoms with Crippen molar-refractivity contribution >= 4 is 83.9 Å². The van der Waals surface area contributed by atoms with E-state index in [9.17, 15) is 75.0 Å². The van der Waals surface area contributed by atoms with E-state index >= 15 is 0 Å². The fourth-order valence-corrected chi connectivity index (χ4v) is 11.7. The number of allylic oxidation sites excluding steroid dienone is 6. The van der Waals surface area contributed by atoms with Gasteiger partial charge in [-0.15, -0.1) is 11.3 Å². The highest BCUT2D eigenvalue weighted by Crippen LogP contribution is 2.48. The number of para-hydroxylation sites is 1. The van der Waals surface area contributed by atoms with E-state index < -0.39 is 62.2 Å². The summed E-state index contributed by atoms with van der Waals surface area (Å²) in [5, 5.41) is 30.4. The number of thiazole rings is 1. The normalized spacial score (nSPS) is 14.9. The molecule has 2 aliphatic heterocycles. The number of guanidine groups is 1. The van der Waals surface area contributed by atoms with E-state index in [0.29, 0.717) is 62.7 Å². The number of rotatable bonds is 30. The second-order valence-corrected chi connectivity index (χ2v) is 26.6. The smallest absolute Gasteiger partial charge is 0.490 e. The van der Waals surface area contributed by atoms with Crippen molar-refractivity contribution in [3.63, 3.8) is 0 Å². The zero-order chi connectivity index (χ0) is 72.2. The molecule has 0 atom stereocenters. The number of benzene rings is 2. The van der Waals surface area contributed by atoms with Crippen molar-refractivity contribution < 1.29 is 109 Å². The molecule has 3 amide bonds. The van der Waals surface area contributed by atoms with Gasteiger partial charge in [0.25, 0.3) is 10.1 Å². The fourth-order valence-electron chi connectivity index (χ4n) is 9.77. The summed E-state index contributed by atoms with van der Waals surface area (Å²) in [4.78, 5) is 63.1. The maximum atomic E-state index is 12.7. The number of carbonyl (C=O) groups is 5. The number of anilines is 2. The number of carboxylic acids is 3. The van der Waals surface area contributed by atoms with E-state index in [-0.39, 0.29) is 34.0 Å². The molecule has 2 aromatic carbocycles. The first-order chi connectivity index (χ1) is 43.9. The predicted octanol–water partition coefficient (Wildman–Crippen LogP) is 10.4. The van der Waals surface area contributed by atoms with E-state index in [0.717, 1.165) is 122 Å². The molecule has 95 heavy (non-hydrogen) atoms. The van der Waals surface area contributed by atoms with Crippen LogP contribution < -0.4 is 32.3 Å². The van der Waals surface area contributed by atoms with Crippen LogP contribution in [-0.2, 0) is 56.8 Å². The lowest BCUT2D eigenvalue weighted by Gasteiger charge is -2.27. The summed E-state index contributed by atoms with van der Waals surface area (Å²) in [7, 11) is -8.73. The van der Waals surface area contributed by atoms with Crippen LogP contribution >= 0.6 is 11.3 Å². The number of halogens is 9. The Labute approximate surface area is 549 Å². The third-order valence-electron chi connectivity index (χ3n) is 14.5. The number of aliphatic carboxylic acids is 3. The summed E-state index contributed by atoms with van der Waals surface area (Å²) in [5.74, 6) is -8.41. The molecule has 3 aromatic rings. The molecule has 23 nitrogen and oxygen atoms in total. The molecule has 11 N–H and O–H groups in total. The first-order valence-electron chi connectivity index (χ1n) is 29.8. The molecule has 0 saturated carbocycles. The van der Waals surface area contributed by atoms with E-state index in [4.69, 9.17) is 41.2 Å². The van der Waals surface area contributed by atoms with Gasteiger partial charge in [-0.3, -0.25) is 19.7 Å². The number of nitrogens with two attached hydrogens (primary N) is 2. The zero-order valence-electron chi connectivity index (χ0n) is 52.9. The van der Waals surface area contributed by atoms with Crippen molar-refractivity contribution in [1.82, 2.24) is 20.9 Å². The number of nitrogens with zero attached hydrogens (tertiary/aromatic N) is 4. The number of urea groups is 1. The quantitative estimate of drug-likeness (QED) is 0.00569. The van der Waals surface area contributed by atoms with Gasteiger partial charge in [-0.1, -0.05) is 94.9 Å². The Morgan fingerprint density at radius 3 is 1.79 bits per heavy atom. The maximum absolute atomic E-state index is 12.7. The van der Waals surface area contributed by atoms with Crippen LogP contribution in [0.25, 0.3) is 0 Å². The monoisotopic (exact) mass is 1420 g/mol. The number of carboxylic acid groups (broad SMARTS) is 3. The Kier molecular flexibility index (Phi) is 33.6. The van der Waals surface area contributed by atoms with Gasteiger partial charge in [0.15, 0.2) is 16.6 Å². The van der Waals surface area contributed by atoms with Crippen LogP contribution in [0, 0.1) is 6.92 Å². The number of fused-ring (bicyclic) bond motifs is 2. The Morgan fingerprint density at radius 1 is 0.726 bits per heavy atom. The molecule has 35 heteroatoms. The average Bonchev–Trinajstić information content (AvgIpc) is 1.60. The number of nitrogens with one attached hydrogen (secondary N) is 3. The molecule has 0 radical (unpaired) electrons. The Balaban J connectivity index is 0.00000125. The second-order valence-electron chi connectivity index (χ2n) is 22.6. The number of carbonyl (C=O) groups excluding carboxylic acids is 2. The van der Waals surface area contributed by atoms with Gasteiger partial charge in [0.05, 0.1) is 21.9 Å². The summed E-state index contributed by atoms with van der Waals surface area (Å²) < 4.78 is 166. The van der Waals surface area contributed by atoms with Gasteiger partial charge >= 0.3 is 42.5 Å². The van der Waals surface area contributed by atoms with Gasteiger partial charge in [-0.05, 0) is 88.1 Å². The van der Waals surface area contributed by atoms with Crippen molar-refractivity contribution in [3.05, 3.63) is 106 Å².